The third-order valence-electron chi connectivity index (χ3n) is 14.4. The number of hydrogen-bond donors (Lipinski definition) is 3. The monoisotopic (exact) mass is 973 g/mol. The fourth-order valence-electron chi connectivity index (χ4n) is 10.9. The lowest BCUT2D eigenvalue weighted by Crippen LogP contribution is -2.62. The molecule has 4 aromatic rings. The zero-order chi connectivity index (χ0) is 50.4. The number of hydrazine groups is 1. The van der Waals surface area contributed by atoms with Gasteiger partial charge in [0.15, 0.2) is 0 Å². The molecule has 2 aromatic carbocycles. The maximum Gasteiger partial charge on any atom is 0.324 e. The van der Waals surface area contributed by atoms with E-state index < -0.39 is 35.4 Å². The Balaban J connectivity index is 1.09. The molecule has 0 unspecified atom stereocenters. The van der Waals surface area contributed by atoms with Crippen molar-refractivity contribution in [2.45, 2.75) is 98.0 Å². The Morgan fingerprint density at radius 3 is 2.62 bits per heavy atom. The van der Waals surface area contributed by atoms with E-state index in [4.69, 9.17) is 19.2 Å². The van der Waals surface area contributed by atoms with Gasteiger partial charge in [0.25, 0.3) is 11.8 Å². The quantitative estimate of drug-likeness (QED) is 0.136. The first-order valence-electron chi connectivity index (χ1n) is 25.4. The SMILES string of the molecule is CCn1c(-c2cccnc2COC)c2c3cc(ccc31)-c1cc(O)cc(c1)C[C@H](NC(=O)[C@H](C(C)C)N(C)C[C@H]1CCN(C(=O)C#CCN3CCOCC3)C1)C(=O)N1CCC[C@H](N1)C(=O)OCC(C)(C)C2. The highest BCUT2D eigenvalue weighted by Crippen LogP contribution is 2.41. The molecular weight excluding hydrogens is 901 g/mol. The molecule has 4 aliphatic heterocycles. The summed E-state index contributed by atoms with van der Waals surface area (Å²) in [6.07, 6.45) is 4.22. The topological polar surface area (TPSA) is 171 Å². The lowest BCUT2D eigenvalue weighted by atomic mass is 9.84. The number of aromatic nitrogens is 2. The molecule has 0 spiro atoms. The summed E-state index contributed by atoms with van der Waals surface area (Å²) in [5, 5.41) is 17.0. The van der Waals surface area contributed by atoms with Crippen molar-refractivity contribution < 1.29 is 38.5 Å². The molecular formula is C55H72N8O8. The summed E-state index contributed by atoms with van der Waals surface area (Å²) in [4.78, 5) is 67.3. The van der Waals surface area contributed by atoms with E-state index in [1.165, 1.54) is 5.01 Å². The molecule has 0 aliphatic carbocycles. The van der Waals surface area contributed by atoms with Gasteiger partial charge in [-0.1, -0.05) is 45.7 Å². The van der Waals surface area contributed by atoms with Gasteiger partial charge < -0.3 is 34.1 Å². The van der Waals surface area contributed by atoms with Crippen LogP contribution < -0.4 is 10.7 Å². The average Bonchev–Trinajstić information content (AvgIpc) is 3.94. The van der Waals surface area contributed by atoms with E-state index >= 15 is 0 Å². The maximum absolute atomic E-state index is 14.8. The summed E-state index contributed by atoms with van der Waals surface area (Å²) in [6.45, 7) is 17.0. The number of morpholine rings is 1. The predicted molar refractivity (Wildman–Crippen MR) is 272 cm³/mol. The van der Waals surface area contributed by atoms with Gasteiger partial charge in [-0.15, -0.1) is 0 Å². The average molecular weight is 973 g/mol. The first-order chi connectivity index (χ1) is 34.1. The van der Waals surface area contributed by atoms with Gasteiger partial charge in [0.05, 0.1) is 50.4 Å². The number of amides is 3. The Bertz CT molecular complexity index is 2650. The molecule has 380 valence electrons. The molecule has 0 saturated carbocycles. The van der Waals surface area contributed by atoms with Crippen LogP contribution in [0.25, 0.3) is 33.3 Å². The highest BCUT2D eigenvalue weighted by molar-refractivity contribution is 5.96. The predicted octanol–water partition coefficient (Wildman–Crippen LogP) is 5.03. The second kappa shape index (κ2) is 22.7. The molecule has 3 N–H and O–H groups in total. The lowest BCUT2D eigenvalue weighted by Gasteiger charge is -2.37. The van der Waals surface area contributed by atoms with Crippen LogP contribution in [0.3, 0.4) is 0 Å². The van der Waals surface area contributed by atoms with Gasteiger partial charge in [0.1, 0.15) is 17.8 Å². The van der Waals surface area contributed by atoms with E-state index in [9.17, 15) is 24.3 Å². The molecule has 16 nitrogen and oxygen atoms in total. The van der Waals surface area contributed by atoms with Crippen LogP contribution in [0.2, 0.25) is 0 Å². The van der Waals surface area contributed by atoms with Crippen LogP contribution in [0.5, 0.6) is 5.75 Å². The third kappa shape index (κ3) is 12.1. The van der Waals surface area contributed by atoms with Crippen molar-refractivity contribution in [2.24, 2.45) is 17.3 Å². The van der Waals surface area contributed by atoms with Crippen molar-refractivity contribution in [1.82, 2.24) is 40.0 Å². The highest BCUT2D eigenvalue weighted by atomic mass is 16.5. The fourth-order valence-corrected chi connectivity index (χ4v) is 10.9. The molecule has 3 saturated heterocycles. The van der Waals surface area contributed by atoms with Crippen molar-refractivity contribution in [1.29, 1.82) is 0 Å². The number of cyclic esters (lactones) is 1. The Morgan fingerprint density at radius 2 is 1.86 bits per heavy atom. The first-order valence-corrected chi connectivity index (χ1v) is 25.4. The number of phenols is 1. The first kappa shape index (κ1) is 51.5. The van der Waals surface area contributed by atoms with Crippen LogP contribution in [0.4, 0.5) is 0 Å². The summed E-state index contributed by atoms with van der Waals surface area (Å²) in [5.41, 5.74) is 9.86. The van der Waals surface area contributed by atoms with E-state index in [0.717, 1.165) is 64.1 Å². The largest absolute Gasteiger partial charge is 0.508 e. The fraction of sp³-hybridized carbons (Fsp3) is 0.545. The number of likely N-dealkylation sites (tertiary alicyclic amines) is 1. The zero-order valence-electron chi connectivity index (χ0n) is 42.6. The van der Waals surface area contributed by atoms with Gasteiger partial charge in [-0.25, -0.2) is 5.43 Å². The Hall–Kier alpha value is -5.83. The molecule has 0 radical (unpaired) electrons. The van der Waals surface area contributed by atoms with E-state index in [0.29, 0.717) is 83.9 Å². The molecule has 6 bridgehead atoms. The van der Waals surface area contributed by atoms with E-state index in [1.807, 2.05) is 37.9 Å². The highest BCUT2D eigenvalue weighted by Gasteiger charge is 2.38. The van der Waals surface area contributed by atoms with Crippen LogP contribution in [0.15, 0.2) is 54.7 Å². The molecule has 6 heterocycles. The van der Waals surface area contributed by atoms with E-state index in [2.05, 4.69) is 77.1 Å². The van der Waals surface area contributed by atoms with Crippen LogP contribution in [-0.4, -0.2) is 156 Å². The molecule has 3 fully saturated rings. The second-order valence-electron chi connectivity index (χ2n) is 20.9. The number of benzene rings is 2. The van der Waals surface area contributed by atoms with Crippen LogP contribution in [0.1, 0.15) is 70.7 Å². The summed E-state index contributed by atoms with van der Waals surface area (Å²) >= 11 is 0. The number of pyridine rings is 1. The van der Waals surface area contributed by atoms with Crippen molar-refractivity contribution >= 4 is 34.6 Å². The Morgan fingerprint density at radius 1 is 1.06 bits per heavy atom. The number of rotatable bonds is 11. The van der Waals surface area contributed by atoms with Crippen LogP contribution >= 0.6 is 0 Å². The zero-order valence-corrected chi connectivity index (χ0v) is 42.6. The van der Waals surface area contributed by atoms with E-state index in [-0.39, 0.29) is 42.4 Å². The summed E-state index contributed by atoms with van der Waals surface area (Å²) in [5.74, 6) is 4.58. The summed E-state index contributed by atoms with van der Waals surface area (Å²) < 4.78 is 19.5. The van der Waals surface area contributed by atoms with Gasteiger partial charge in [-0.05, 0) is 116 Å². The second-order valence-corrected chi connectivity index (χ2v) is 20.9. The number of fused-ring (bicyclic) bond motifs is 6. The molecule has 16 heteroatoms. The molecule has 71 heavy (non-hydrogen) atoms. The van der Waals surface area contributed by atoms with E-state index in [1.54, 1.807) is 30.3 Å². The lowest BCUT2D eigenvalue weighted by molar-refractivity contribution is -0.155. The number of esters is 1. The number of carbonyl (C=O) groups excluding carboxylic acids is 4. The van der Waals surface area contributed by atoms with Crippen LogP contribution in [-0.2, 0) is 59.4 Å². The van der Waals surface area contributed by atoms with Gasteiger partial charge in [-0.2, -0.15) is 0 Å². The van der Waals surface area contributed by atoms with Crippen molar-refractivity contribution in [2.75, 3.05) is 79.8 Å². The number of aromatic hydroxyl groups is 1. The van der Waals surface area contributed by atoms with Crippen molar-refractivity contribution in [3.63, 3.8) is 0 Å². The number of likely N-dealkylation sites (N-methyl/N-ethyl adjacent to an activating group) is 1. The Labute approximate surface area is 418 Å². The smallest absolute Gasteiger partial charge is 0.324 e. The molecule has 4 atom stereocenters. The van der Waals surface area contributed by atoms with Gasteiger partial charge in [0.2, 0.25) is 5.91 Å². The standard InChI is InChI=1S/C55H72N8O8/c1-8-62-48-16-15-39-30-43(48)44(51(62)42-12-9-18-56-47(42)34-69-7)31-55(4,5)35-71-54(68)45-13-10-20-63(58-45)53(67)46(28-38-26-40(39)29-41(64)27-38)57-52(66)50(36(2)3)59(6)32-37-17-21-61(33-37)49(65)14-11-19-60-22-24-70-25-23-60/h9,12,15-16,18,26-27,29-30,36-37,45-46,50,58,64H,8,10,13,17,19-25,28,31-35H2,1-7H3,(H,57,66)/t37-,45+,46+,50+/m1/s1. The molecule has 3 amide bonds. The minimum Gasteiger partial charge on any atom is -0.508 e. The number of ether oxygens (including phenoxy) is 3. The maximum atomic E-state index is 14.8. The van der Waals surface area contributed by atoms with Gasteiger partial charge >= 0.3 is 5.97 Å². The summed E-state index contributed by atoms with van der Waals surface area (Å²) in [7, 11) is 3.58. The number of methoxy groups -OCH3 is 1. The molecule has 8 rings (SSSR count). The number of nitrogens with zero attached hydrogens (tertiary/aromatic N) is 6. The van der Waals surface area contributed by atoms with Gasteiger partial charge in [-0.3, -0.25) is 39.0 Å². The number of carbonyl (C=O) groups is 4. The summed E-state index contributed by atoms with van der Waals surface area (Å²) in [6, 6.07) is 13.2. The minimum atomic E-state index is -1.06. The number of aryl methyl sites for hydroxylation is 1. The minimum absolute atomic E-state index is 0.0307. The third-order valence-corrected chi connectivity index (χ3v) is 14.4. The van der Waals surface area contributed by atoms with Crippen molar-refractivity contribution in [3.8, 4) is 40.0 Å². The molecule has 2 aromatic heterocycles. The number of hydrogen-bond acceptors (Lipinski definition) is 12. The number of nitrogens with one attached hydrogen (secondary N) is 2. The normalized spacial score (nSPS) is 21.5. The molecule has 4 aliphatic rings. The Kier molecular flexibility index (Phi) is 16.5. The number of phenolic OH excluding ortho intramolecular Hbond substituents is 1. The van der Waals surface area contributed by atoms with Crippen LogP contribution in [0, 0.1) is 29.1 Å². The van der Waals surface area contributed by atoms with Crippen molar-refractivity contribution in [3.05, 3.63) is 71.5 Å². The van der Waals surface area contributed by atoms with Gasteiger partial charge in [0, 0.05) is 87.4 Å².